The summed E-state index contributed by atoms with van der Waals surface area (Å²) in [4.78, 5) is 46.4. The van der Waals surface area contributed by atoms with Crippen LogP contribution in [0, 0.1) is 0 Å². The molecule has 1 aromatic carbocycles. The quantitative estimate of drug-likeness (QED) is 0.258. The summed E-state index contributed by atoms with van der Waals surface area (Å²) < 4.78 is 29.6. The molecular formula is C9H13NO9P2S. The zero-order chi connectivity index (χ0) is 17.0. The van der Waals surface area contributed by atoms with E-state index in [2.05, 4.69) is 9.05 Å². The molecule has 0 saturated heterocycles. The highest BCUT2D eigenvalue weighted by molar-refractivity contribution is 8.14. The summed E-state index contributed by atoms with van der Waals surface area (Å²) in [5.74, 6) is -0.542. The van der Waals surface area contributed by atoms with Gasteiger partial charge in [0, 0.05) is 11.3 Å². The van der Waals surface area contributed by atoms with Gasteiger partial charge in [0.05, 0.1) is 5.75 Å². The summed E-state index contributed by atoms with van der Waals surface area (Å²) in [7, 11) is -10.1. The summed E-state index contributed by atoms with van der Waals surface area (Å²) in [6.45, 7) is 0. The summed E-state index contributed by atoms with van der Waals surface area (Å²) in [6, 6.07) is 5.80. The molecule has 0 aliphatic carbocycles. The highest BCUT2D eigenvalue weighted by atomic mass is 32.2. The molecule has 1 rings (SSSR count). The smallest absolute Gasteiger partial charge is 0.399 e. The number of nitrogen functional groups attached to an aromatic ring is 1. The Morgan fingerprint density at radius 1 is 1.09 bits per heavy atom. The number of nitrogens with two attached hydrogens (primary N) is 1. The molecule has 0 aliphatic rings. The molecule has 0 heterocycles. The first-order chi connectivity index (χ1) is 9.96. The molecule has 0 aromatic heterocycles. The van der Waals surface area contributed by atoms with Gasteiger partial charge in [0.1, 0.15) is 0 Å². The number of thioether (sulfide) groups is 1. The van der Waals surface area contributed by atoms with Crippen molar-refractivity contribution in [3.8, 4) is 0 Å². The van der Waals surface area contributed by atoms with Gasteiger partial charge < -0.3 is 25.3 Å². The first-order valence-electron chi connectivity index (χ1n) is 5.47. The van der Waals surface area contributed by atoms with Crippen molar-refractivity contribution in [1.29, 1.82) is 0 Å². The van der Waals surface area contributed by atoms with Crippen LogP contribution in [0.2, 0.25) is 0 Å². The van der Waals surface area contributed by atoms with Crippen molar-refractivity contribution in [3.63, 3.8) is 0 Å². The first kappa shape index (κ1) is 19.3. The largest absolute Gasteiger partial charge is 0.471 e. The van der Waals surface area contributed by atoms with Gasteiger partial charge in [-0.05, 0) is 24.3 Å². The number of anilines is 1. The lowest BCUT2D eigenvalue weighted by molar-refractivity contribution is -0.0158. The van der Waals surface area contributed by atoms with Gasteiger partial charge in [-0.25, -0.2) is 9.13 Å². The van der Waals surface area contributed by atoms with E-state index in [1.165, 1.54) is 24.3 Å². The Balaban J connectivity index is 2.69. The summed E-state index contributed by atoms with van der Waals surface area (Å²) in [5, 5.41) is -0.520. The summed E-state index contributed by atoms with van der Waals surface area (Å²) in [6.07, 6.45) is -1.97. The second-order valence-corrected chi connectivity index (χ2v) is 7.22. The normalized spacial score (nSPS) is 12.6. The third kappa shape index (κ3) is 8.04. The zero-order valence-electron chi connectivity index (χ0n) is 10.8. The van der Waals surface area contributed by atoms with Crippen LogP contribution >= 0.6 is 27.4 Å². The number of phosphoric acid groups is 2. The van der Waals surface area contributed by atoms with Gasteiger partial charge in [0.2, 0.25) is 5.12 Å². The molecule has 0 atom stereocenters. The van der Waals surface area contributed by atoms with Gasteiger partial charge in [-0.15, -0.1) is 0 Å². The van der Waals surface area contributed by atoms with E-state index in [9.17, 15) is 13.9 Å². The molecule has 13 heteroatoms. The fourth-order valence-corrected chi connectivity index (χ4v) is 3.08. The standard InChI is InChI=1S/C9H13NO9P2S/c10-7-3-1-6(2-4-7)9(11)22-5-8(18-20(12,13)14)19-21(15,16)17/h1-4,8H,5,10H2,(H2,12,13,14)(H2,15,16,17). The molecule has 22 heavy (non-hydrogen) atoms. The van der Waals surface area contributed by atoms with Crippen LogP contribution in [-0.4, -0.2) is 36.7 Å². The van der Waals surface area contributed by atoms with E-state index in [1.54, 1.807) is 0 Å². The van der Waals surface area contributed by atoms with Crippen LogP contribution < -0.4 is 5.73 Å². The van der Waals surface area contributed by atoms with Crippen molar-refractivity contribution >= 4 is 38.2 Å². The highest BCUT2D eigenvalue weighted by Gasteiger charge is 2.30. The van der Waals surface area contributed by atoms with Gasteiger partial charge in [-0.2, -0.15) is 0 Å². The fourth-order valence-electron chi connectivity index (χ4n) is 1.23. The van der Waals surface area contributed by atoms with Crippen LogP contribution in [0.4, 0.5) is 5.69 Å². The van der Waals surface area contributed by atoms with Crippen LogP contribution in [0.5, 0.6) is 0 Å². The maximum Gasteiger partial charge on any atom is 0.471 e. The van der Waals surface area contributed by atoms with E-state index in [4.69, 9.17) is 25.3 Å². The highest BCUT2D eigenvalue weighted by Crippen LogP contribution is 2.44. The average Bonchev–Trinajstić information content (AvgIpc) is 2.32. The maximum absolute atomic E-state index is 11.8. The minimum atomic E-state index is -5.06. The van der Waals surface area contributed by atoms with E-state index >= 15 is 0 Å². The second kappa shape index (κ2) is 7.69. The predicted octanol–water partition coefficient (Wildman–Crippen LogP) is 0.687. The summed E-state index contributed by atoms with van der Waals surface area (Å²) >= 11 is 0.508. The second-order valence-electron chi connectivity index (χ2n) is 3.84. The number of rotatable bonds is 7. The van der Waals surface area contributed by atoms with Gasteiger partial charge in [0.15, 0.2) is 6.29 Å². The molecule has 0 amide bonds. The maximum atomic E-state index is 11.8. The van der Waals surface area contributed by atoms with Crippen molar-refractivity contribution < 1.29 is 42.5 Å². The van der Waals surface area contributed by atoms with E-state index in [0.29, 0.717) is 17.4 Å². The van der Waals surface area contributed by atoms with E-state index in [0.717, 1.165) is 0 Å². The molecule has 0 fully saturated rings. The van der Waals surface area contributed by atoms with Crippen molar-refractivity contribution in [3.05, 3.63) is 29.8 Å². The van der Waals surface area contributed by atoms with E-state index in [1.807, 2.05) is 0 Å². The molecule has 0 radical (unpaired) electrons. The zero-order valence-corrected chi connectivity index (χ0v) is 13.4. The number of carbonyl (C=O) groups is 1. The SMILES string of the molecule is Nc1ccc(C(=O)SCC(OP(=O)(O)O)OP(=O)(O)O)cc1. The topological polar surface area (TPSA) is 177 Å². The summed E-state index contributed by atoms with van der Waals surface area (Å²) in [5.41, 5.74) is 6.14. The Morgan fingerprint density at radius 2 is 1.55 bits per heavy atom. The average molecular weight is 373 g/mol. The van der Waals surface area contributed by atoms with Crippen molar-refractivity contribution in [1.82, 2.24) is 0 Å². The lowest BCUT2D eigenvalue weighted by Gasteiger charge is -2.18. The number of hydrogen-bond donors (Lipinski definition) is 5. The van der Waals surface area contributed by atoms with Crippen LogP contribution in [0.3, 0.4) is 0 Å². The van der Waals surface area contributed by atoms with Gasteiger partial charge in [0.25, 0.3) is 0 Å². The molecule has 0 spiro atoms. The third-order valence-electron chi connectivity index (χ3n) is 2.01. The molecule has 6 N–H and O–H groups in total. The minimum Gasteiger partial charge on any atom is -0.399 e. The molecule has 124 valence electrons. The molecule has 0 bridgehead atoms. The number of hydrogen-bond acceptors (Lipinski definition) is 7. The molecule has 1 aromatic rings. The van der Waals surface area contributed by atoms with Crippen molar-refractivity contribution in [2.75, 3.05) is 11.5 Å². The lowest BCUT2D eigenvalue weighted by atomic mass is 10.2. The number of phosphoric ester groups is 2. The molecular weight excluding hydrogens is 360 g/mol. The third-order valence-corrected chi connectivity index (χ3v) is 3.96. The monoisotopic (exact) mass is 373 g/mol. The van der Waals surface area contributed by atoms with Gasteiger partial charge in [-0.1, -0.05) is 11.8 Å². The molecule has 0 unspecified atom stereocenters. The lowest BCUT2D eigenvalue weighted by Crippen LogP contribution is -2.18. The van der Waals surface area contributed by atoms with Crippen LogP contribution in [0.25, 0.3) is 0 Å². The van der Waals surface area contributed by atoms with Crippen LogP contribution in [0.1, 0.15) is 10.4 Å². The van der Waals surface area contributed by atoms with E-state index < -0.39 is 32.8 Å². The van der Waals surface area contributed by atoms with Crippen LogP contribution in [0.15, 0.2) is 24.3 Å². The van der Waals surface area contributed by atoms with Crippen molar-refractivity contribution in [2.45, 2.75) is 6.29 Å². The van der Waals surface area contributed by atoms with Gasteiger partial charge >= 0.3 is 15.6 Å². The first-order valence-corrected chi connectivity index (χ1v) is 9.51. The fraction of sp³-hybridized carbons (Fsp3) is 0.222. The molecule has 0 saturated carbocycles. The minimum absolute atomic E-state index is 0.241. The van der Waals surface area contributed by atoms with E-state index in [-0.39, 0.29) is 5.56 Å². The number of benzene rings is 1. The Morgan fingerprint density at radius 3 is 1.95 bits per heavy atom. The predicted molar refractivity (Wildman–Crippen MR) is 77.7 cm³/mol. The molecule has 0 aliphatic heterocycles. The number of carbonyl (C=O) groups excluding carboxylic acids is 1. The molecule has 10 nitrogen and oxygen atoms in total. The Labute approximate surface area is 129 Å². The Hall–Kier alpha value is -0.740. The van der Waals surface area contributed by atoms with Crippen molar-refractivity contribution in [2.24, 2.45) is 0 Å². The Bertz CT molecular complexity index is 586. The van der Waals surface area contributed by atoms with Gasteiger partial charge in [-0.3, -0.25) is 13.8 Å². The Kier molecular flexibility index (Phi) is 6.75. The van der Waals surface area contributed by atoms with Crippen LogP contribution in [-0.2, 0) is 18.2 Å².